The highest BCUT2D eigenvalue weighted by atomic mass is 19.1. The number of halogens is 4. The molecule has 0 atom stereocenters. The minimum Gasteiger partial charge on any atom is -0.207 e. The van der Waals surface area contributed by atoms with Gasteiger partial charge in [0.15, 0.2) is 0 Å². The van der Waals surface area contributed by atoms with Crippen LogP contribution in [0.2, 0.25) is 0 Å². The summed E-state index contributed by atoms with van der Waals surface area (Å²) >= 11 is 0. The van der Waals surface area contributed by atoms with Gasteiger partial charge in [-0.25, -0.2) is 17.6 Å². The van der Waals surface area contributed by atoms with E-state index < -0.39 is 0 Å². The molecule has 0 aliphatic carbocycles. The summed E-state index contributed by atoms with van der Waals surface area (Å²) in [5, 5.41) is 4.38. The lowest BCUT2D eigenvalue weighted by atomic mass is 9.90. The van der Waals surface area contributed by atoms with Crippen molar-refractivity contribution in [3.63, 3.8) is 0 Å². The maximum atomic E-state index is 14.0. The molecule has 298 valence electrons. The summed E-state index contributed by atoms with van der Waals surface area (Å²) in [5.74, 6) is -1.30. The Morgan fingerprint density at radius 2 is 0.500 bits per heavy atom. The molecule has 0 unspecified atom stereocenters. The van der Waals surface area contributed by atoms with Crippen molar-refractivity contribution in [3.05, 3.63) is 273 Å². The van der Waals surface area contributed by atoms with Crippen LogP contribution in [0.15, 0.2) is 194 Å². The largest absolute Gasteiger partial charge is 0.207 e. The average Bonchev–Trinajstić information content (AvgIpc) is 3.30. The summed E-state index contributed by atoms with van der Waals surface area (Å²) in [6.07, 6.45) is 12.7. The van der Waals surface area contributed by atoms with E-state index in [4.69, 9.17) is 0 Å². The van der Waals surface area contributed by atoms with Gasteiger partial charge in [0.2, 0.25) is 0 Å². The molecule has 9 rings (SSSR count). The van der Waals surface area contributed by atoms with Crippen LogP contribution in [0.25, 0.3) is 69.1 Å². The molecule has 4 heteroatoms. The van der Waals surface area contributed by atoms with Gasteiger partial charge in [-0.15, -0.1) is 0 Å². The zero-order valence-electron chi connectivity index (χ0n) is 33.5. The van der Waals surface area contributed by atoms with Crippen LogP contribution in [0.5, 0.6) is 0 Å². The van der Waals surface area contributed by atoms with Gasteiger partial charge in [0.05, 0.1) is 0 Å². The van der Waals surface area contributed by atoms with Gasteiger partial charge < -0.3 is 0 Å². The van der Waals surface area contributed by atoms with Crippen molar-refractivity contribution in [2.75, 3.05) is 0 Å². The SMILES string of the molecule is Fc1ccc(C(=Cc2ccccc2C=Cc2c3ccccc3c(C=Cc3ccccc3C=C(c3ccc(F)cc3)c3ccc(F)cc3)c3ccccc23)c2ccc(F)cc2)cc1. The molecule has 0 aliphatic heterocycles. The smallest absolute Gasteiger partial charge is 0.123 e. The quantitative estimate of drug-likeness (QED) is 0.0733. The van der Waals surface area contributed by atoms with Crippen LogP contribution in [0, 0.1) is 23.3 Å². The summed E-state index contributed by atoms with van der Waals surface area (Å²) in [5.41, 5.74) is 11.0. The van der Waals surface area contributed by atoms with Crippen molar-refractivity contribution < 1.29 is 17.6 Å². The van der Waals surface area contributed by atoms with E-state index in [0.717, 1.165) is 88.3 Å². The second-order valence-electron chi connectivity index (χ2n) is 15.0. The molecule has 0 amide bonds. The first-order chi connectivity index (χ1) is 30.4. The summed E-state index contributed by atoms with van der Waals surface area (Å²) in [6.45, 7) is 0. The molecule has 0 fully saturated rings. The number of benzene rings is 9. The fraction of sp³-hybridized carbons (Fsp3) is 0. The molecule has 0 aromatic heterocycles. The predicted octanol–water partition coefficient (Wildman–Crippen LogP) is 16.1. The Balaban J connectivity index is 1.13. The first-order valence-electron chi connectivity index (χ1n) is 20.3. The minimum absolute atomic E-state index is 0.325. The Kier molecular flexibility index (Phi) is 11.4. The molecule has 0 N–H and O–H groups in total. The maximum Gasteiger partial charge on any atom is 0.123 e. The van der Waals surface area contributed by atoms with Crippen LogP contribution in [-0.2, 0) is 0 Å². The van der Waals surface area contributed by atoms with E-state index >= 15 is 0 Å². The fourth-order valence-electron chi connectivity index (χ4n) is 7.98. The molecule has 0 bridgehead atoms. The maximum absolute atomic E-state index is 14.0. The van der Waals surface area contributed by atoms with Crippen molar-refractivity contribution in [1.82, 2.24) is 0 Å². The molecule has 0 aliphatic rings. The molecule has 9 aromatic carbocycles. The predicted molar refractivity (Wildman–Crippen MR) is 252 cm³/mol. The molecule has 0 spiro atoms. The third kappa shape index (κ3) is 8.58. The molecule has 0 radical (unpaired) electrons. The van der Waals surface area contributed by atoms with Crippen molar-refractivity contribution in [2.45, 2.75) is 0 Å². The van der Waals surface area contributed by atoms with E-state index in [0.29, 0.717) is 0 Å². The first kappa shape index (κ1) is 39.6. The summed E-state index contributed by atoms with van der Waals surface area (Å²) in [7, 11) is 0. The zero-order valence-corrected chi connectivity index (χ0v) is 33.5. The average molecular weight is 811 g/mol. The Hall–Kier alpha value is -7.82. The molecule has 0 nitrogen and oxygen atoms in total. The van der Waals surface area contributed by atoms with Crippen LogP contribution in [0.1, 0.15) is 55.6 Å². The van der Waals surface area contributed by atoms with Crippen LogP contribution in [-0.4, -0.2) is 0 Å². The number of hydrogen-bond donors (Lipinski definition) is 0. The number of fused-ring (bicyclic) bond motifs is 2. The fourth-order valence-corrected chi connectivity index (χ4v) is 7.98. The van der Waals surface area contributed by atoms with E-state index in [-0.39, 0.29) is 23.3 Å². The monoisotopic (exact) mass is 810 g/mol. The van der Waals surface area contributed by atoms with Crippen molar-refractivity contribution in [2.24, 2.45) is 0 Å². The first-order valence-corrected chi connectivity index (χ1v) is 20.3. The third-order valence-electron chi connectivity index (χ3n) is 11.1. The lowest BCUT2D eigenvalue weighted by molar-refractivity contribution is 0.627. The van der Waals surface area contributed by atoms with Gasteiger partial charge in [-0.2, -0.15) is 0 Å². The van der Waals surface area contributed by atoms with Gasteiger partial charge in [-0.3, -0.25) is 0 Å². The number of hydrogen-bond acceptors (Lipinski definition) is 0. The van der Waals surface area contributed by atoms with Crippen LogP contribution in [0.4, 0.5) is 17.6 Å². The van der Waals surface area contributed by atoms with Crippen LogP contribution in [0.3, 0.4) is 0 Å². The van der Waals surface area contributed by atoms with Crippen LogP contribution < -0.4 is 0 Å². The topological polar surface area (TPSA) is 0 Å². The van der Waals surface area contributed by atoms with Crippen molar-refractivity contribution in [3.8, 4) is 0 Å². The minimum atomic E-state index is -0.325. The van der Waals surface area contributed by atoms with Gasteiger partial charge in [0.1, 0.15) is 23.3 Å². The van der Waals surface area contributed by atoms with Crippen molar-refractivity contribution in [1.29, 1.82) is 0 Å². The normalized spacial score (nSPS) is 11.4. The van der Waals surface area contributed by atoms with Crippen LogP contribution >= 0.6 is 0 Å². The molecule has 0 saturated heterocycles. The van der Waals surface area contributed by atoms with E-state index in [1.165, 1.54) is 48.5 Å². The molecule has 62 heavy (non-hydrogen) atoms. The third-order valence-corrected chi connectivity index (χ3v) is 11.1. The molecule has 0 heterocycles. The van der Waals surface area contributed by atoms with Gasteiger partial charge in [-0.1, -0.05) is 170 Å². The highest BCUT2D eigenvalue weighted by Gasteiger charge is 2.13. The Morgan fingerprint density at radius 1 is 0.258 bits per heavy atom. The van der Waals surface area contributed by atoms with Gasteiger partial charge in [0, 0.05) is 0 Å². The Morgan fingerprint density at radius 3 is 0.774 bits per heavy atom. The van der Waals surface area contributed by atoms with E-state index in [9.17, 15) is 17.6 Å². The zero-order chi connectivity index (χ0) is 42.4. The summed E-state index contributed by atoms with van der Waals surface area (Å²) in [6, 6.07) is 58.5. The molecule has 9 aromatic rings. The van der Waals surface area contributed by atoms with Gasteiger partial charge in [-0.05, 0) is 149 Å². The summed E-state index contributed by atoms with van der Waals surface area (Å²) < 4.78 is 56.0. The highest BCUT2D eigenvalue weighted by Crippen LogP contribution is 2.37. The van der Waals surface area contributed by atoms with Gasteiger partial charge in [0.25, 0.3) is 0 Å². The van der Waals surface area contributed by atoms with E-state index in [2.05, 4.69) is 97.1 Å². The second kappa shape index (κ2) is 17.8. The van der Waals surface area contributed by atoms with Gasteiger partial charge >= 0.3 is 0 Å². The Bertz CT molecular complexity index is 2800. The molecular weight excluding hydrogens is 773 g/mol. The number of rotatable bonds is 10. The standard InChI is InChI=1S/C58H38F4/c59-47-27-17-41(18-28-47)57(42-19-29-48(60)30-20-42)37-45-11-3-1-9-39(45)25-35-55-51-13-5-7-15-53(51)56(54-16-8-6-14-52(54)55)36-26-40-10-2-4-12-46(40)38-58(43-21-31-49(61)32-22-43)44-23-33-50(62)34-24-44/h1-38H. The highest BCUT2D eigenvalue weighted by molar-refractivity contribution is 6.14. The molecule has 0 saturated carbocycles. The lowest BCUT2D eigenvalue weighted by Crippen LogP contribution is -1.91. The molecular formula is C58H38F4. The van der Waals surface area contributed by atoms with Crippen molar-refractivity contribution >= 4 is 69.1 Å². The summed E-state index contributed by atoms with van der Waals surface area (Å²) in [4.78, 5) is 0. The second-order valence-corrected chi connectivity index (χ2v) is 15.0. The Labute approximate surface area is 358 Å². The van der Waals surface area contributed by atoms with E-state index in [1.54, 1.807) is 48.5 Å². The van der Waals surface area contributed by atoms with E-state index in [1.807, 2.05) is 36.4 Å². The lowest BCUT2D eigenvalue weighted by Gasteiger charge is -2.14.